The summed E-state index contributed by atoms with van der Waals surface area (Å²) >= 11 is 8.74. The maximum atomic E-state index is 4.49. The number of para-hydroxylation sites is 1. The molecule has 0 aliphatic rings. The zero-order chi connectivity index (χ0) is 13.2. The molecular weight excluding hydrogens is 388 g/mol. The minimum absolute atomic E-state index is 0.801. The molecule has 0 amide bonds. The van der Waals surface area contributed by atoms with Gasteiger partial charge < -0.3 is 5.32 Å². The number of nitrogens with zero attached hydrogens (tertiary/aromatic N) is 1. The van der Waals surface area contributed by atoms with Gasteiger partial charge in [-0.3, -0.25) is 4.98 Å². The van der Waals surface area contributed by atoms with Crippen LogP contribution in [0.3, 0.4) is 0 Å². The summed E-state index contributed by atoms with van der Waals surface area (Å²) in [6, 6.07) is 10.3. The highest BCUT2D eigenvalue weighted by atomic mass is 79.9. The number of benzene rings is 1. The summed E-state index contributed by atoms with van der Waals surface area (Å²) in [6.07, 6.45) is 1.83. The van der Waals surface area contributed by atoms with Crippen molar-refractivity contribution in [3.05, 3.63) is 55.7 Å². The van der Waals surface area contributed by atoms with Crippen LogP contribution in [0, 0.1) is 0 Å². The normalized spacial score (nSPS) is 10.8. The van der Waals surface area contributed by atoms with Gasteiger partial charge in [-0.25, -0.2) is 0 Å². The summed E-state index contributed by atoms with van der Waals surface area (Å²) in [5, 5.41) is 6.67. The van der Waals surface area contributed by atoms with E-state index in [4.69, 9.17) is 0 Å². The van der Waals surface area contributed by atoms with Gasteiger partial charge in [-0.2, -0.15) is 0 Å². The van der Waals surface area contributed by atoms with Gasteiger partial charge in [0.15, 0.2) is 0 Å². The Labute approximate surface area is 132 Å². The van der Waals surface area contributed by atoms with Crippen molar-refractivity contribution >= 4 is 59.8 Å². The van der Waals surface area contributed by atoms with Gasteiger partial charge in [-0.1, -0.05) is 12.1 Å². The van der Waals surface area contributed by atoms with Crippen LogP contribution in [0.2, 0.25) is 0 Å². The van der Waals surface area contributed by atoms with E-state index in [-0.39, 0.29) is 0 Å². The molecule has 96 valence electrons. The molecule has 19 heavy (non-hydrogen) atoms. The topological polar surface area (TPSA) is 24.9 Å². The number of thiophene rings is 1. The number of halogens is 2. The van der Waals surface area contributed by atoms with E-state index in [9.17, 15) is 0 Å². The first-order valence-electron chi connectivity index (χ1n) is 5.74. The van der Waals surface area contributed by atoms with E-state index < -0.39 is 0 Å². The molecule has 0 aliphatic heterocycles. The molecule has 3 rings (SSSR count). The molecule has 0 fully saturated rings. The minimum Gasteiger partial charge on any atom is -0.378 e. The van der Waals surface area contributed by atoms with Gasteiger partial charge in [-0.05, 0) is 55.4 Å². The van der Waals surface area contributed by atoms with Gasteiger partial charge in [0.2, 0.25) is 0 Å². The molecule has 0 spiro atoms. The quantitative estimate of drug-likeness (QED) is 0.636. The summed E-state index contributed by atoms with van der Waals surface area (Å²) in [5.74, 6) is 0. The molecule has 0 unspecified atom stereocenters. The third-order valence-corrected chi connectivity index (χ3v) is 5.17. The number of hydrogen-bond donors (Lipinski definition) is 1. The standard InChI is InChI=1S/C14H10Br2N2S/c15-10-6-9-2-1-3-12(14(9)18-7-10)17-8-13-11(16)4-5-19-13/h1-7,17H,8H2. The molecular formula is C14H10Br2N2S. The fourth-order valence-electron chi connectivity index (χ4n) is 1.90. The summed E-state index contributed by atoms with van der Waals surface area (Å²) in [5.41, 5.74) is 2.06. The highest BCUT2D eigenvalue weighted by Gasteiger charge is 2.05. The van der Waals surface area contributed by atoms with Gasteiger partial charge >= 0.3 is 0 Å². The highest BCUT2D eigenvalue weighted by Crippen LogP contribution is 2.27. The number of pyridine rings is 1. The Hall–Kier alpha value is -0.910. The van der Waals surface area contributed by atoms with Crippen molar-refractivity contribution in [2.24, 2.45) is 0 Å². The third-order valence-electron chi connectivity index (χ3n) is 2.81. The molecule has 3 aromatic rings. The number of nitrogens with one attached hydrogen (secondary N) is 1. The fourth-order valence-corrected chi connectivity index (χ4v) is 3.68. The maximum Gasteiger partial charge on any atom is 0.0934 e. The molecule has 0 bridgehead atoms. The maximum absolute atomic E-state index is 4.49. The van der Waals surface area contributed by atoms with Crippen LogP contribution in [0.1, 0.15) is 4.88 Å². The number of fused-ring (bicyclic) bond motifs is 1. The van der Waals surface area contributed by atoms with Crippen LogP contribution < -0.4 is 5.32 Å². The van der Waals surface area contributed by atoms with E-state index >= 15 is 0 Å². The predicted octanol–water partition coefficient (Wildman–Crippen LogP) is 5.43. The second-order valence-corrected chi connectivity index (χ2v) is 6.85. The van der Waals surface area contributed by atoms with E-state index in [1.807, 2.05) is 12.3 Å². The molecule has 1 aromatic carbocycles. The molecule has 1 N–H and O–H groups in total. The molecule has 0 radical (unpaired) electrons. The van der Waals surface area contributed by atoms with Gasteiger partial charge in [0.25, 0.3) is 0 Å². The van der Waals surface area contributed by atoms with Crippen LogP contribution in [0.5, 0.6) is 0 Å². The minimum atomic E-state index is 0.801. The van der Waals surface area contributed by atoms with Crippen molar-refractivity contribution < 1.29 is 0 Å². The van der Waals surface area contributed by atoms with Crippen LogP contribution in [0.15, 0.2) is 50.9 Å². The summed E-state index contributed by atoms with van der Waals surface area (Å²) in [6.45, 7) is 0.801. The second kappa shape index (κ2) is 5.61. The highest BCUT2D eigenvalue weighted by molar-refractivity contribution is 9.10. The van der Waals surface area contributed by atoms with Gasteiger partial charge in [0.1, 0.15) is 0 Å². The number of aromatic nitrogens is 1. The van der Waals surface area contributed by atoms with E-state index in [2.05, 4.69) is 71.8 Å². The largest absolute Gasteiger partial charge is 0.378 e. The van der Waals surface area contributed by atoms with Crippen molar-refractivity contribution in [3.63, 3.8) is 0 Å². The first kappa shape index (κ1) is 13.1. The van der Waals surface area contributed by atoms with Gasteiger partial charge in [-0.15, -0.1) is 11.3 Å². The molecule has 2 aromatic heterocycles. The third kappa shape index (κ3) is 2.83. The van der Waals surface area contributed by atoms with Crippen LogP contribution in [-0.2, 0) is 6.54 Å². The number of rotatable bonds is 3. The van der Waals surface area contributed by atoms with Crippen molar-refractivity contribution in [3.8, 4) is 0 Å². The van der Waals surface area contributed by atoms with E-state index in [1.165, 1.54) is 4.88 Å². The van der Waals surface area contributed by atoms with Crippen LogP contribution in [-0.4, -0.2) is 4.98 Å². The van der Waals surface area contributed by atoms with Crippen molar-refractivity contribution in [2.75, 3.05) is 5.32 Å². The molecule has 0 saturated heterocycles. The molecule has 0 saturated carbocycles. The molecule has 0 atom stereocenters. The smallest absolute Gasteiger partial charge is 0.0934 e. The SMILES string of the molecule is Brc1cnc2c(NCc3sccc3Br)cccc2c1. The Morgan fingerprint density at radius 2 is 2.11 bits per heavy atom. The zero-order valence-electron chi connectivity index (χ0n) is 9.86. The predicted molar refractivity (Wildman–Crippen MR) is 88.8 cm³/mol. The molecule has 0 aliphatic carbocycles. The van der Waals surface area contributed by atoms with Crippen molar-refractivity contribution in [1.82, 2.24) is 4.98 Å². The molecule has 5 heteroatoms. The van der Waals surface area contributed by atoms with Crippen molar-refractivity contribution in [2.45, 2.75) is 6.54 Å². The average Bonchev–Trinajstić information content (AvgIpc) is 2.81. The zero-order valence-corrected chi connectivity index (χ0v) is 13.8. The Balaban J connectivity index is 1.91. The van der Waals surface area contributed by atoms with Gasteiger partial charge in [0.05, 0.1) is 17.7 Å². The lowest BCUT2D eigenvalue weighted by molar-refractivity contribution is 1.18. The first-order valence-corrected chi connectivity index (χ1v) is 8.20. The summed E-state index contributed by atoms with van der Waals surface area (Å²) in [4.78, 5) is 5.77. The Morgan fingerprint density at radius 3 is 2.89 bits per heavy atom. The molecule has 2 nitrogen and oxygen atoms in total. The van der Waals surface area contributed by atoms with Crippen molar-refractivity contribution in [1.29, 1.82) is 0 Å². The number of anilines is 1. The summed E-state index contributed by atoms with van der Waals surface area (Å²) in [7, 11) is 0. The molecule has 2 heterocycles. The Morgan fingerprint density at radius 1 is 1.21 bits per heavy atom. The van der Waals surface area contributed by atoms with Crippen LogP contribution in [0.4, 0.5) is 5.69 Å². The van der Waals surface area contributed by atoms with Crippen LogP contribution >= 0.6 is 43.2 Å². The van der Waals surface area contributed by atoms with E-state index in [1.54, 1.807) is 11.3 Å². The average molecular weight is 398 g/mol. The van der Waals surface area contributed by atoms with E-state index in [0.29, 0.717) is 0 Å². The van der Waals surface area contributed by atoms with Gasteiger partial charge in [0, 0.05) is 25.4 Å². The number of hydrogen-bond acceptors (Lipinski definition) is 3. The Kier molecular flexibility index (Phi) is 3.86. The van der Waals surface area contributed by atoms with Crippen LogP contribution in [0.25, 0.3) is 10.9 Å². The fraction of sp³-hybridized carbons (Fsp3) is 0.0714. The monoisotopic (exact) mass is 396 g/mol. The van der Waals surface area contributed by atoms with E-state index in [0.717, 1.165) is 32.1 Å². The first-order chi connectivity index (χ1) is 9.24. The second-order valence-electron chi connectivity index (χ2n) is 4.08. The lowest BCUT2D eigenvalue weighted by Gasteiger charge is -2.08. The Bertz CT molecular complexity index is 724. The summed E-state index contributed by atoms with van der Waals surface area (Å²) < 4.78 is 2.15. The lowest BCUT2D eigenvalue weighted by Crippen LogP contribution is -1.99. The lowest BCUT2D eigenvalue weighted by atomic mass is 10.2.